The number of benzene rings is 1. The van der Waals surface area contributed by atoms with Crippen molar-refractivity contribution in [3.05, 3.63) is 74.3 Å². The van der Waals surface area contributed by atoms with Crippen LogP contribution in [0.5, 0.6) is 0 Å². The lowest BCUT2D eigenvalue weighted by Crippen LogP contribution is -2.40. The molecule has 2 fully saturated rings. The average Bonchev–Trinajstić information content (AvgIpc) is 2.84. The lowest BCUT2D eigenvalue weighted by Gasteiger charge is -2.33. The number of nitrogens with zero attached hydrogens (tertiary/aromatic N) is 3. The highest BCUT2D eigenvalue weighted by molar-refractivity contribution is 5.96. The third-order valence-electron chi connectivity index (χ3n) is 7.00. The van der Waals surface area contributed by atoms with Crippen molar-refractivity contribution < 1.29 is 4.79 Å². The molecule has 3 aromatic rings. The molecule has 2 aromatic heterocycles. The quantitative estimate of drug-likeness (QED) is 0.642. The molecule has 2 saturated heterocycles. The molecular formula is C25H29N5O3. The molecule has 5 rings (SSSR count). The number of rotatable bonds is 3. The highest BCUT2D eigenvalue weighted by Crippen LogP contribution is 2.29. The van der Waals surface area contributed by atoms with Crippen LogP contribution in [-0.4, -0.2) is 63.9 Å². The van der Waals surface area contributed by atoms with Gasteiger partial charge in [-0.2, -0.15) is 0 Å². The molecular weight excluding hydrogens is 418 g/mol. The number of piperidine rings is 2. The van der Waals surface area contributed by atoms with Crippen molar-refractivity contribution in [3.63, 3.8) is 0 Å². The van der Waals surface area contributed by atoms with Gasteiger partial charge in [-0.1, -0.05) is 18.2 Å². The SMILES string of the molecule is CN1CCC(c2nc(C3CCCN(C(=O)c4cc5ccccc5c(=O)[nH]4)C3)cc(=O)[nH]2)CC1. The van der Waals surface area contributed by atoms with Gasteiger partial charge in [-0.15, -0.1) is 0 Å². The summed E-state index contributed by atoms with van der Waals surface area (Å²) in [6.45, 7) is 3.09. The van der Waals surface area contributed by atoms with E-state index in [0.29, 0.717) is 24.2 Å². The van der Waals surface area contributed by atoms with Crippen LogP contribution in [0, 0.1) is 0 Å². The first-order valence-electron chi connectivity index (χ1n) is 11.7. The zero-order chi connectivity index (χ0) is 22.9. The summed E-state index contributed by atoms with van der Waals surface area (Å²) in [5.74, 6) is 0.843. The van der Waals surface area contributed by atoms with E-state index in [1.807, 2.05) is 18.2 Å². The molecule has 8 heteroatoms. The fourth-order valence-corrected chi connectivity index (χ4v) is 5.08. The standard InChI is InChI=1S/C25H29N5O3/c1-29-11-8-16(9-12-29)23-26-20(14-22(31)28-23)18-6-4-10-30(15-18)25(33)21-13-17-5-2-3-7-19(17)24(32)27-21/h2-3,5,7,13-14,16,18H,4,6,8-12,15H2,1H3,(H,27,32)(H,26,28,31). The van der Waals surface area contributed by atoms with E-state index in [2.05, 4.69) is 21.9 Å². The number of aromatic nitrogens is 3. The summed E-state index contributed by atoms with van der Waals surface area (Å²) in [4.78, 5) is 52.7. The van der Waals surface area contributed by atoms with Crippen LogP contribution in [-0.2, 0) is 0 Å². The van der Waals surface area contributed by atoms with Crippen LogP contribution in [0.15, 0.2) is 46.0 Å². The first-order valence-corrected chi connectivity index (χ1v) is 11.7. The number of hydrogen-bond donors (Lipinski definition) is 2. The number of hydrogen-bond acceptors (Lipinski definition) is 5. The van der Waals surface area contributed by atoms with Crippen LogP contribution in [0.2, 0.25) is 0 Å². The Morgan fingerprint density at radius 2 is 1.79 bits per heavy atom. The molecule has 2 N–H and O–H groups in total. The third kappa shape index (κ3) is 4.48. The van der Waals surface area contributed by atoms with Crippen LogP contribution >= 0.6 is 0 Å². The summed E-state index contributed by atoms with van der Waals surface area (Å²) in [5, 5.41) is 1.32. The highest BCUT2D eigenvalue weighted by Gasteiger charge is 2.29. The summed E-state index contributed by atoms with van der Waals surface area (Å²) in [6.07, 6.45) is 3.66. The maximum Gasteiger partial charge on any atom is 0.270 e. The maximum absolute atomic E-state index is 13.2. The highest BCUT2D eigenvalue weighted by atomic mass is 16.2. The zero-order valence-electron chi connectivity index (χ0n) is 18.8. The van der Waals surface area contributed by atoms with Crippen molar-refractivity contribution >= 4 is 16.7 Å². The first kappa shape index (κ1) is 21.6. The molecule has 1 atom stereocenters. The monoisotopic (exact) mass is 447 g/mol. The average molecular weight is 448 g/mol. The maximum atomic E-state index is 13.2. The first-order chi connectivity index (χ1) is 16.0. The summed E-state index contributed by atoms with van der Waals surface area (Å²) in [7, 11) is 2.11. The molecule has 33 heavy (non-hydrogen) atoms. The minimum absolute atomic E-state index is 0.00203. The smallest absolute Gasteiger partial charge is 0.270 e. The molecule has 1 amide bonds. The van der Waals surface area contributed by atoms with Crippen molar-refractivity contribution in [1.29, 1.82) is 0 Å². The number of amides is 1. The number of carbonyl (C=O) groups excluding carboxylic acids is 1. The topological polar surface area (TPSA) is 102 Å². The van der Waals surface area contributed by atoms with Gasteiger partial charge in [0.2, 0.25) is 0 Å². The fourth-order valence-electron chi connectivity index (χ4n) is 5.08. The van der Waals surface area contributed by atoms with Gasteiger partial charge in [-0.3, -0.25) is 14.4 Å². The van der Waals surface area contributed by atoms with E-state index < -0.39 is 0 Å². The molecule has 172 valence electrons. The van der Waals surface area contributed by atoms with Crippen LogP contribution in [0.3, 0.4) is 0 Å². The molecule has 8 nitrogen and oxygen atoms in total. The second-order valence-electron chi connectivity index (χ2n) is 9.32. The number of likely N-dealkylation sites (tertiary alicyclic amines) is 2. The number of H-pyrrole nitrogens is 2. The van der Waals surface area contributed by atoms with Crippen LogP contribution in [0.25, 0.3) is 10.8 Å². The van der Waals surface area contributed by atoms with Gasteiger partial charge in [0.15, 0.2) is 0 Å². The Bertz CT molecular complexity index is 1290. The van der Waals surface area contributed by atoms with E-state index >= 15 is 0 Å². The van der Waals surface area contributed by atoms with Crippen molar-refractivity contribution in [2.45, 2.75) is 37.5 Å². The third-order valence-corrected chi connectivity index (χ3v) is 7.00. The lowest BCUT2D eigenvalue weighted by molar-refractivity contribution is 0.0699. The van der Waals surface area contributed by atoms with Crippen LogP contribution < -0.4 is 11.1 Å². The van der Waals surface area contributed by atoms with E-state index in [1.54, 1.807) is 23.1 Å². The predicted octanol–water partition coefficient (Wildman–Crippen LogP) is 2.44. The van der Waals surface area contributed by atoms with E-state index in [1.165, 1.54) is 0 Å². The van der Waals surface area contributed by atoms with Gasteiger partial charge in [0.05, 0.1) is 5.69 Å². The number of fused-ring (bicyclic) bond motifs is 1. The minimum Gasteiger partial charge on any atom is -0.337 e. The second-order valence-corrected chi connectivity index (χ2v) is 9.32. The Hall–Kier alpha value is -3.26. The Kier molecular flexibility index (Phi) is 5.85. The minimum atomic E-state index is -0.260. The largest absolute Gasteiger partial charge is 0.337 e. The van der Waals surface area contributed by atoms with Crippen LogP contribution in [0.1, 0.15) is 59.5 Å². The van der Waals surface area contributed by atoms with Crippen molar-refractivity contribution in [3.8, 4) is 0 Å². The normalized spacial score (nSPS) is 20.3. The van der Waals surface area contributed by atoms with Gasteiger partial charge in [-0.25, -0.2) is 4.98 Å². The molecule has 0 radical (unpaired) electrons. The number of nitrogens with one attached hydrogen (secondary N) is 2. The molecule has 2 aliphatic rings. The van der Waals surface area contributed by atoms with Gasteiger partial charge in [0, 0.05) is 36.4 Å². The number of pyridine rings is 1. The second kappa shape index (κ2) is 8.94. The lowest BCUT2D eigenvalue weighted by atomic mass is 9.92. The van der Waals surface area contributed by atoms with Gasteiger partial charge in [-0.05, 0) is 63.3 Å². The predicted molar refractivity (Wildman–Crippen MR) is 127 cm³/mol. The van der Waals surface area contributed by atoms with Gasteiger partial charge in [0.1, 0.15) is 11.5 Å². The van der Waals surface area contributed by atoms with Gasteiger partial charge < -0.3 is 19.8 Å². The molecule has 2 aliphatic heterocycles. The summed E-state index contributed by atoms with van der Waals surface area (Å²) < 4.78 is 0. The van der Waals surface area contributed by atoms with Crippen molar-refractivity contribution in [2.24, 2.45) is 0 Å². The molecule has 0 bridgehead atoms. The van der Waals surface area contributed by atoms with E-state index in [9.17, 15) is 14.4 Å². The Labute approximate surface area is 191 Å². The fraction of sp³-hybridized carbons (Fsp3) is 0.440. The Morgan fingerprint density at radius 1 is 1.00 bits per heavy atom. The molecule has 0 aliphatic carbocycles. The van der Waals surface area contributed by atoms with E-state index in [-0.39, 0.29) is 28.9 Å². The van der Waals surface area contributed by atoms with E-state index in [0.717, 1.165) is 55.7 Å². The number of carbonyl (C=O) groups is 1. The van der Waals surface area contributed by atoms with Crippen molar-refractivity contribution in [1.82, 2.24) is 24.8 Å². The van der Waals surface area contributed by atoms with Crippen molar-refractivity contribution in [2.75, 3.05) is 33.2 Å². The molecule has 4 heterocycles. The molecule has 1 aromatic carbocycles. The molecule has 0 spiro atoms. The summed E-state index contributed by atoms with van der Waals surface area (Å²) in [5.41, 5.74) is 0.669. The Morgan fingerprint density at radius 3 is 2.61 bits per heavy atom. The molecule has 1 unspecified atom stereocenters. The summed E-state index contributed by atoms with van der Waals surface area (Å²) >= 11 is 0. The van der Waals surface area contributed by atoms with E-state index in [4.69, 9.17) is 4.98 Å². The van der Waals surface area contributed by atoms with Gasteiger partial charge in [0.25, 0.3) is 17.0 Å². The summed E-state index contributed by atoms with van der Waals surface area (Å²) in [6, 6.07) is 10.6. The van der Waals surface area contributed by atoms with Gasteiger partial charge >= 0.3 is 0 Å². The number of aromatic amines is 2. The Balaban J connectivity index is 1.37. The van der Waals surface area contributed by atoms with Crippen LogP contribution in [0.4, 0.5) is 0 Å². The zero-order valence-corrected chi connectivity index (χ0v) is 18.8. The molecule has 0 saturated carbocycles.